The molecule has 0 N–H and O–H groups in total. The Kier molecular flexibility index (Phi) is 3.83. The van der Waals surface area contributed by atoms with E-state index in [4.69, 9.17) is 19.7 Å². The van der Waals surface area contributed by atoms with Crippen molar-refractivity contribution in [3.05, 3.63) is 63.3 Å². The van der Waals surface area contributed by atoms with Crippen molar-refractivity contribution in [1.29, 1.82) is 15.8 Å². The van der Waals surface area contributed by atoms with Gasteiger partial charge in [-0.05, 0) is 6.07 Å². The van der Waals surface area contributed by atoms with Crippen molar-refractivity contribution in [1.82, 2.24) is 19.9 Å². The molecule has 30 heavy (non-hydrogen) atoms. The molecule has 10 nitrogen and oxygen atoms in total. The second-order valence-corrected chi connectivity index (χ2v) is 5.77. The molecule has 0 atom stereocenters. The Bertz CT molecular complexity index is 1350. The fraction of sp³-hybridized carbons (Fsp3) is 0. The minimum atomic E-state index is -0.250. The predicted octanol–water partition coefficient (Wildman–Crippen LogP) is 3.99. The summed E-state index contributed by atoms with van der Waals surface area (Å²) in [4.78, 5) is 26.7. The Balaban J connectivity index is 2.42. The highest BCUT2D eigenvalue weighted by Crippen LogP contribution is 2.38. The third kappa shape index (κ3) is 2.31. The molecule has 0 amide bonds. The number of hydrogen-bond acceptors (Lipinski definition) is 7. The van der Waals surface area contributed by atoms with E-state index in [1.54, 1.807) is 6.07 Å². The number of hydrogen-bond donors (Lipinski definition) is 0. The maximum absolute atomic E-state index is 9.38. The van der Waals surface area contributed by atoms with E-state index in [1.165, 1.54) is 12.1 Å². The molecule has 1 aromatic carbocycles. The van der Waals surface area contributed by atoms with E-state index in [-0.39, 0.29) is 56.3 Å². The number of benzene rings is 1. The van der Waals surface area contributed by atoms with Crippen molar-refractivity contribution in [3.8, 4) is 18.2 Å². The molecule has 0 unspecified atom stereocenters. The third-order valence-corrected chi connectivity index (χ3v) is 4.29. The van der Waals surface area contributed by atoms with Crippen LogP contribution in [0.15, 0.2) is 12.1 Å². The summed E-state index contributed by atoms with van der Waals surface area (Å²) in [6.45, 7) is 21.9. The monoisotopic (exact) mass is 382 g/mol. The molecule has 4 rings (SSSR count). The maximum atomic E-state index is 9.38. The molecule has 0 bridgehead atoms. The highest BCUT2D eigenvalue weighted by atomic mass is 15.0. The zero-order valence-corrected chi connectivity index (χ0v) is 14.6. The summed E-state index contributed by atoms with van der Waals surface area (Å²) in [6.07, 6.45) is 0. The van der Waals surface area contributed by atoms with E-state index in [9.17, 15) is 15.8 Å². The van der Waals surface area contributed by atoms with E-state index >= 15 is 0 Å². The first-order valence-electron chi connectivity index (χ1n) is 7.96. The Morgan fingerprint density at radius 2 is 1.20 bits per heavy atom. The number of fused-ring (bicyclic) bond motifs is 6. The van der Waals surface area contributed by atoms with Gasteiger partial charge in [0.1, 0.15) is 29.2 Å². The Hall–Kier alpha value is -5.68. The van der Waals surface area contributed by atoms with Crippen molar-refractivity contribution in [3.63, 3.8) is 0 Å². The highest BCUT2D eigenvalue weighted by molar-refractivity contribution is 6.22. The normalized spacial score (nSPS) is 9.80. The summed E-state index contributed by atoms with van der Waals surface area (Å²) in [5, 5.41) is 28.8. The molecule has 0 spiro atoms. The third-order valence-electron chi connectivity index (χ3n) is 4.29. The minimum Gasteiger partial charge on any atom is -0.371 e. The predicted molar refractivity (Wildman–Crippen MR) is 103 cm³/mol. The van der Waals surface area contributed by atoms with E-state index in [1.807, 2.05) is 12.1 Å². The number of nitrogens with zero attached hydrogens (tertiary/aromatic N) is 10. The molecule has 0 saturated heterocycles. The van der Waals surface area contributed by atoms with Gasteiger partial charge in [-0.25, -0.2) is 14.8 Å². The summed E-state index contributed by atoms with van der Waals surface area (Å²) in [7, 11) is 0. The standard InChI is InChI=1S/C20H2N10/c1-24-12-5-11-10-4-9(6-21)13(7-22)27-15(10)17-18(16(11)29-19(12)25-2)30-20(26-3)14(8-23)28-17/h4-5H. The SMILES string of the molecule is [C-]#[N+]c1cc2c3cc(C#N)c(C#N)nc3c3nc(C#N)c([N+]#[C-])nc3c2nc1[N+]#[C-]. The van der Waals surface area contributed by atoms with Gasteiger partial charge in [0, 0.05) is 10.8 Å². The quantitative estimate of drug-likeness (QED) is 0.331. The van der Waals surface area contributed by atoms with Gasteiger partial charge >= 0.3 is 5.82 Å². The minimum absolute atomic E-state index is 0.00646. The lowest BCUT2D eigenvalue weighted by molar-refractivity contribution is 1.25. The van der Waals surface area contributed by atoms with Gasteiger partial charge in [0.05, 0.1) is 12.1 Å². The molecule has 0 radical (unpaired) electrons. The first-order chi connectivity index (χ1) is 14.6. The molecular formula is C20H2N10. The van der Waals surface area contributed by atoms with Crippen LogP contribution in [0.3, 0.4) is 0 Å². The van der Waals surface area contributed by atoms with Crippen LogP contribution in [0.1, 0.15) is 17.0 Å². The van der Waals surface area contributed by atoms with Crippen LogP contribution in [-0.2, 0) is 0 Å². The van der Waals surface area contributed by atoms with Crippen LogP contribution in [0.5, 0.6) is 0 Å². The van der Waals surface area contributed by atoms with Crippen LogP contribution in [0, 0.1) is 53.7 Å². The summed E-state index contributed by atoms with van der Waals surface area (Å²) in [5.41, 5.74) is 0.174. The number of rotatable bonds is 0. The molecule has 0 fully saturated rings. The van der Waals surface area contributed by atoms with Crippen molar-refractivity contribution in [2.45, 2.75) is 0 Å². The topological polar surface area (TPSA) is 136 Å². The smallest absolute Gasteiger partial charge is 0.307 e. The first kappa shape index (κ1) is 17.7. The molecule has 0 aliphatic rings. The highest BCUT2D eigenvalue weighted by Gasteiger charge is 2.24. The second-order valence-electron chi connectivity index (χ2n) is 5.77. The van der Waals surface area contributed by atoms with Gasteiger partial charge in [-0.3, -0.25) is 0 Å². The lowest BCUT2D eigenvalue weighted by Crippen LogP contribution is -1.98. The van der Waals surface area contributed by atoms with Crippen LogP contribution in [0.2, 0.25) is 0 Å². The average molecular weight is 382 g/mol. The second kappa shape index (κ2) is 6.49. The van der Waals surface area contributed by atoms with Crippen molar-refractivity contribution in [2.75, 3.05) is 0 Å². The Morgan fingerprint density at radius 3 is 1.80 bits per heavy atom. The summed E-state index contributed by atoms with van der Waals surface area (Å²) in [6, 6.07) is 8.40. The van der Waals surface area contributed by atoms with Crippen LogP contribution >= 0.6 is 0 Å². The van der Waals surface area contributed by atoms with Gasteiger partial charge in [-0.2, -0.15) is 15.8 Å². The maximum Gasteiger partial charge on any atom is 0.307 e. The molecule has 0 aliphatic carbocycles. The number of aromatic nitrogens is 4. The van der Waals surface area contributed by atoms with E-state index in [0.717, 1.165) is 0 Å². The Labute approximate surface area is 168 Å². The van der Waals surface area contributed by atoms with Crippen LogP contribution in [-0.4, -0.2) is 19.9 Å². The lowest BCUT2D eigenvalue weighted by atomic mass is 10.0. The van der Waals surface area contributed by atoms with Gasteiger partial charge in [-0.1, -0.05) is 19.2 Å². The van der Waals surface area contributed by atoms with Crippen LogP contribution < -0.4 is 0 Å². The van der Waals surface area contributed by atoms with Gasteiger partial charge in [0.2, 0.25) is 16.7 Å². The molecule has 4 aromatic rings. The van der Waals surface area contributed by atoms with Crippen molar-refractivity contribution < 1.29 is 0 Å². The molecule has 132 valence electrons. The fourth-order valence-electron chi connectivity index (χ4n) is 3.02. The first-order valence-corrected chi connectivity index (χ1v) is 7.96. The number of nitriles is 3. The van der Waals surface area contributed by atoms with Gasteiger partial charge < -0.3 is 9.69 Å². The van der Waals surface area contributed by atoms with Gasteiger partial charge in [0.15, 0.2) is 11.4 Å². The fourth-order valence-corrected chi connectivity index (χ4v) is 3.02. The van der Waals surface area contributed by atoms with Crippen LogP contribution in [0.4, 0.5) is 17.3 Å². The molecule has 3 heterocycles. The summed E-state index contributed by atoms with van der Waals surface area (Å²) < 4.78 is 0. The zero-order chi connectivity index (χ0) is 21.4. The van der Waals surface area contributed by atoms with Crippen molar-refractivity contribution in [2.24, 2.45) is 0 Å². The van der Waals surface area contributed by atoms with Crippen LogP contribution in [0.25, 0.3) is 47.4 Å². The van der Waals surface area contributed by atoms with E-state index < -0.39 is 0 Å². The molecule has 3 aromatic heterocycles. The van der Waals surface area contributed by atoms with Gasteiger partial charge in [-0.15, -0.1) is 9.97 Å². The largest absolute Gasteiger partial charge is 0.371 e. The average Bonchev–Trinajstić information content (AvgIpc) is 2.81. The lowest BCUT2D eigenvalue weighted by Gasteiger charge is -2.07. The molecular weight excluding hydrogens is 380 g/mol. The molecule has 0 saturated carbocycles. The van der Waals surface area contributed by atoms with E-state index in [2.05, 4.69) is 34.5 Å². The number of pyridine rings is 2. The molecule has 0 aliphatic heterocycles. The van der Waals surface area contributed by atoms with Crippen molar-refractivity contribution >= 4 is 50.2 Å². The Morgan fingerprint density at radius 1 is 0.633 bits per heavy atom. The zero-order valence-electron chi connectivity index (χ0n) is 14.6. The van der Waals surface area contributed by atoms with Gasteiger partial charge in [0.25, 0.3) is 5.82 Å². The summed E-state index contributed by atoms with van der Waals surface area (Å²) in [5.74, 6) is -0.406. The summed E-state index contributed by atoms with van der Waals surface area (Å²) >= 11 is 0. The van der Waals surface area contributed by atoms with E-state index in [0.29, 0.717) is 10.8 Å². The molecule has 10 heteroatoms.